The lowest BCUT2D eigenvalue weighted by Gasteiger charge is -2.16. The Balaban J connectivity index is 3.63. The van der Waals surface area contributed by atoms with Crippen LogP contribution in [0.5, 0.6) is 0 Å². The van der Waals surface area contributed by atoms with Gasteiger partial charge in [0.25, 0.3) is 0 Å². The van der Waals surface area contributed by atoms with Crippen LogP contribution >= 0.6 is 0 Å². The first kappa shape index (κ1) is 10.3. The van der Waals surface area contributed by atoms with Gasteiger partial charge in [0, 0.05) is 0 Å². The quantitative estimate of drug-likeness (QED) is 0.601. The third-order valence-corrected chi connectivity index (χ3v) is 1.03. The van der Waals surface area contributed by atoms with Gasteiger partial charge >= 0.3 is 12.9 Å². The number of carboxylic acid groups (broad SMARTS) is 1. The highest BCUT2D eigenvalue weighted by Gasteiger charge is 2.24. The fourth-order valence-electron chi connectivity index (χ4n) is 0.398. The normalized spacial score (nSPS) is 14.5. The van der Waals surface area contributed by atoms with Gasteiger partial charge in [-0.3, -0.25) is 4.79 Å². The maximum Gasteiger partial charge on any atom is 0.491 e. The van der Waals surface area contributed by atoms with E-state index in [1.807, 2.05) is 5.32 Å². The lowest BCUT2D eigenvalue weighted by atomic mass is 9.92. The van der Waals surface area contributed by atoms with E-state index in [0.717, 1.165) is 6.92 Å². The molecule has 0 saturated heterocycles. The van der Waals surface area contributed by atoms with Crippen molar-refractivity contribution in [1.29, 1.82) is 0 Å². The highest BCUT2D eigenvalue weighted by atomic mass is 19.4. The molecule has 0 amide bonds. The van der Waals surface area contributed by atoms with E-state index < -0.39 is 25.4 Å². The number of carbonyl (C=O) groups is 1. The number of carboxylic acids is 1. The van der Waals surface area contributed by atoms with Crippen LogP contribution in [-0.4, -0.2) is 30.5 Å². The Labute approximate surface area is 61.6 Å². The number of rotatable bonds is 4. The Morgan fingerprint density at radius 2 is 2.09 bits per heavy atom. The fraction of sp³-hybridized carbons (Fsp3) is 0.750. The number of nitrogens with one attached hydrogen (secondary N) is 1. The first-order chi connectivity index (χ1) is 4.83. The molecule has 7 heteroatoms. The zero-order valence-electron chi connectivity index (χ0n) is 5.85. The minimum atomic E-state index is -4.93. The largest absolute Gasteiger partial charge is 0.491 e. The first-order valence-electron chi connectivity index (χ1n) is 3.00. The van der Waals surface area contributed by atoms with Crippen LogP contribution in [0.2, 0.25) is 0 Å². The van der Waals surface area contributed by atoms with Gasteiger partial charge in [-0.15, -0.1) is 0 Å². The highest BCUT2D eigenvalue weighted by Crippen LogP contribution is 2.05. The van der Waals surface area contributed by atoms with E-state index in [9.17, 15) is 17.7 Å². The Kier molecular flexibility index (Phi) is 3.38. The third-order valence-electron chi connectivity index (χ3n) is 1.03. The van der Waals surface area contributed by atoms with Crippen molar-refractivity contribution in [3.8, 4) is 0 Å². The minimum absolute atomic E-state index is 1.15. The second-order valence-corrected chi connectivity index (χ2v) is 2.18. The van der Waals surface area contributed by atoms with E-state index >= 15 is 0 Å². The lowest BCUT2D eigenvalue weighted by Crippen LogP contribution is -2.42. The lowest BCUT2D eigenvalue weighted by molar-refractivity contribution is -0.138. The van der Waals surface area contributed by atoms with Crippen LogP contribution in [0.1, 0.15) is 6.92 Å². The second kappa shape index (κ2) is 3.61. The first-order valence-corrected chi connectivity index (χ1v) is 3.00. The van der Waals surface area contributed by atoms with Gasteiger partial charge in [0.05, 0.1) is 0 Å². The predicted octanol–water partition coefficient (Wildman–Crippen LogP) is 0.436. The zero-order chi connectivity index (χ0) is 9.07. The van der Waals surface area contributed by atoms with E-state index in [1.54, 1.807) is 0 Å². The van der Waals surface area contributed by atoms with E-state index in [4.69, 9.17) is 5.11 Å². The molecule has 66 valence electrons. The number of hydrogen-bond donors (Lipinski definition) is 2. The van der Waals surface area contributed by atoms with Crippen molar-refractivity contribution in [3.63, 3.8) is 0 Å². The molecule has 0 saturated carbocycles. The van der Waals surface area contributed by atoms with Crippen molar-refractivity contribution < 1.29 is 22.8 Å². The van der Waals surface area contributed by atoms with Gasteiger partial charge in [0.15, 0.2) is 0 Å². The molecule has 0 aliphatic carbocycles. The summed E-state index contributed by atoms with van der Waals surface area (Å²) in [4.78, 5) is 9.99. The molecular formula is C4H8BF3NO2-. The van der Waals surface area contributed by atoms with Crippen molar-refractivity contribution in [3.05, 3.63) is 0 Å². The summed E-state index contributed by atoms with van der Waals surface area (Å²) in [6.07, 6.45) is -1.21. The third kappa shape index (κ3) is 5.72. The van der Waals surface area contributed by atoms with Crippen LogP contribution in [0.25, 0.3) is 0 Å². The van der Waals surface area contributed by atoms with Gasteiger partial charge < -0.3 is 23.4 Å². The predicted molar refractivity (Wildman–Crippen MR) is 34.2 cm³/mol. The summed E-state index contributed by atoms with van der Waals surface area (Å²) >= 11 is 0. The van der Waals surface area contributed by atoms with Crippen LogP contribution in [0.15, 0.2) is 0 Å². The van der Waals surface area contributed by atoms with Crippen molar-refractivity contribution in [2.45, 2.75) is 13.0 Å². The fourth-order valence-corrected chi connectivity index (χ4v) is 0.398. The van der Waals surface area contributed by atoms with Gasteiger partial charge in [-0.2, -0.15) is 0 Å². The minimum Gasteiger partial charge on any atom is -0.480 e. The molecule has 2 N–H and O–H groups in total. The molecule has 11 heavy (non-hydrogen) atoms. The van der Waals surface area contributed by atoms with E-state index in [0.29, 0.717) is 0 Å². The summed E-state index contributed by atoms with van der Waals surface area (Å²) in [5.41, 5.74) is 0. The van der Waals surface area contributed by atoms with Crippen LogP contribution in [0.4, 0.5) is 12.9 Å². The molecule has 0 fully saturated rings. The maximum atomic E-state index is 11.5. The molecule has 0 aliphatic rings. The van der Waals surface area contributed by atoms with Crippen molar-refractivity contribution in [2.24, 2.45) is 0 Å². The highest BCUT2D eigenvalue weighted by molar-refractivity contribution is 6.58. The van der Waals surface area contributed by atoms with Gasteiger partial charge in [-0.1, -0.05) is 0 Å². The molecule has 1 unspecified atom stereocenters. The topological polar surface area (TPSA) is 49.3 Å². The molecule has 0 aliphatic heterocycles. The molecule has 0 rings (SSSR count). The summed E-state index contributed by atoms with van der Waals surface area (Å²) < 4.78 is 34.5. The molecule has 0 spiro atoms. The SMILES string of the molecule is CC(NC[B-](F)(F)F)C(=O)O. The van der Waals surface area contributed by atoms with E-state index in [-0.39, 0.29) is 0 Å². The molecule has 0 aromatic rings. The van der Waals surface area contributed by atoms with Crippen molar-refractivity contribution in [2.75, 3.05) is 6.44 Å². The monoisotopic (exact) mass is 170 g/mol. The molecule has 3 nitrogen and oxygen atoms in total. The summed E-state index contributed by atoms with van der Waals surface area (Å²) in [7, 11) is 0. The molecule has 0 aromatic heterocycles. The number of halogens is 3. The van der Waals surface area contributed by atoms with Crippen LogP contribution in [0.3, 0.4) is 0 Å². The van der Waals surface area contributed by atoms with Crippen LogP contribution in [-0.2, 0) is 4.79 Å². The summed E-state index contributed by atoms with van der Waals surface area (Å²) in [6, 6.07) is -1.15. The second-order valence-electron chi connectivity index (χ2n) is 2.18. The summed E-state index contributed by atoms with van der Waals surface area (Å²) in [5, 5.41) is 9.98. The van der Waals surface area contributed by atoms with Crippen LogP contribution in [0, 0.1) is 0 Å². The molecule has 0 bridgehead atoms. The number of aliphatic carboxylic acids is 1. The van der Waals surface area contributed by atoms with Gasteiger partial charge in [0.1, 0.15) is 6.04 Å². The van der Waals surface area contributed by atoms with E-state index in [1.165, 1.54) is 0 Å². The van der Waals surface area contributed by atoms with Crippen LogP contribution < -0.4 is 5.32 Å². The van der Waals surface area contributed by atoms with Gasteiger partial charge in [-0.05, 0) is 13.4 Å². The Morgan fingerprint density at radius 1 is 1.64 bits per heavy atom. The Hall–Kier alpha value is -0.715. The van der Waals surface area contributed by atoms with Crippen molar-refractivity contribution >= 4 is 12.9 Å². The standard InChI is InChI=1S/C4H8BF3NO2/c1-3(4(10)11)9-2-5(6,7)8/h3,9H,2H2,1H3,(H,10,11)/q-1. The van der Waals surface area contributed by atoms with Gasteiger partial charge in [0.2, 0.25) is 0 Å². The summed E-state index contributed by atoms with van der Waals surface area (Å²) in [6.45, 7) is -3.78. The molecule has 0 aromatic carbocycles. The molecule has 0 heterocycles. The summed E-state index contributed by atoms with van der Waals surface area (Å²) in [5.74, 6) is -1.29. The maximum absolute atomic E-state index is 11.5. The average Bonchev–Trinajstić information content (AvgIpc) is 1.80. The smallest absolute Gasteiger partial charge is 0.480 e. The zero-order valence-corrected chi connectivity index (χ0v) is 5.85. The molecular weight excluding hydrogens is 162 g/mol. The Bertz CT molecular complexity index is 149. The molecule has 1 atom stereocenters. The van der Waals surface area contributed by atoms with Gasteiger partial charge in [-0.25, -0.2) is 0 Å². The van der Waals surface area contributed by atoms with E-state index in [2.05, 4.69) is 0 Å². The Morgan fingerprint density at radius 3 is 2.36 bits per heavy atom. The molecule has 0 radical (unpaired) electrons. The number of hydrogen-bond acceptors (Lipinski definition) is 2. The average molecular weight is 170 g/mol. The van der Waals surface area contributed by atoms with Crippen molar-refractivity contribution in [1.82, 2.24) is 5.32 Å².